The van der Waals surface area contributed by atoms with Gasteiger partial charge in [-0.25, -0.2) is 0 Å². The molecule has 0 spiro atoms. The summed E-state index contributed by atoms with van der Waals surface area (Å²) in [5.41, 5.74) is 5.32. The van der Waals surface area contributed by atoms with E-state index in [4.69, 9.17) is 0 Å². The summed E-state index contributed by atoms with van der Waals surface area (Å²) in [6.45, 7) is 14.3. The number of ketones is 1. The smallest absolute Gasteiger partial charge is 0.230 e. The monoisotopic (exact) mass is 459 g/mol. The Balaban J connectivity index is 1.95. The SMILES string of the molecule is CCN(CC)c1ccc([C@@H]2C3=C(CC(C)(C)CC3=O)Nc3ccccc3N2C(=O)C(C)C)cc1. The zero-order chi connectivity index (χ0) is 24.6. The Bertz CT molecular complexity index is 1110. The first-order valence-electron chi connectivity index (χ1n) is 12.5. The van der Waals surface area contributed by atoms with Gasteiger partial charge in [0.25, 0.3) is 0 Å². The number of hydrogen-bond acceptors (Lipinski definition) is 4. The molecule has 4 rings (SSSR count). The highest BCUT2D eigenvalue weighted by atomic mass is 16.2. The molecule has 0 fully saturated rings. The van der Waals surface area contributed by atoms with Crippen molar-refractivity contribution in [2.24, 2.45) is 11.3 Å². The first-order valence-corrected chi connectivity index (χ1v) is 12.5. The topological polar surface area (TPSA) is 52.7 Å². The summed E-state index contributed by atoms with van der Waals surface area (Å²) in [7, 11) is 0. The molecule has 1 atom stereocenters. The molecule has 180 valence electrons. The van der Waals surface area contributed by atoms with Crippen molar-refractivity contribution in [3.8, 4) is 0 Å². The molecule has 5 heteroatoms. The van der Waals surface area contributed by atoms with Crippen molar-refractivity contribution >= 4 is 28.8 Å². The fourth-order valence-corrected chi connectivity index (χ4v) is 5.28. The highest BCUT2D eigenvalue weighted by molar-refractivity contribution is 6.06. The van der Waals surface area contributed by atoms with E-state index < -0.39 is 6.04 Å². The van der Waals surface area contributed by atoms with Crippen LogP contribution in [-0.2, 0) is 9.59 Å². The second kappa shape index (κ2) is 9.28. The van der Waals surface area contributed by atoms with Crippen LogP contribution in [0.4, 0.5) is 17.1 Å². The maximum Gasteiger partial charge on any atom is 0.230 e. The molecule has 0 saturated heterocycles. The molecular weight excluding hydrogens is 422 g/mol. The first-order chi connectivity index (χ1) is 16.2. The van der Waals surface area contributed by atoms with E-state index in [0.29, 0.717) is 6.42 Å². The highest BCUT2D eigenvalue weighted by Gasteiger charge is 2.43. The molecule has 2 aliphatic rings. The van der Waals surface area contributed by atoms with E-state index in [1.807, 2.05) is 43.0 Å². The standard InChI is InChI=1S/C29H37N3O2/c1-7-31(8-2)21-15-13-20(14-16-21)27-26-23(17-29(5,6)18-25(26)33)30-22-11-9-10-12-24(22)32(27)28(34)19(3)4/h9-16,19,27,30H,7-8,17-18H2,1-6H3/t27-/m1/s1. The maximum atomic E-state index is 13.7. The fourth-order valence-electron chi connectivity index (χ4n) is 5.28. The van der Waals surface area contributed by atoms with Gasteiger partial charge in [-0.3, -0.25) is 14.5 Å². The molecule has 0 saturated carbocycles. The van der Waals surface area contributed by atoms with Crippen LogP contribution >= 0.6 is 0 Å². The number of amides is 1. The molecule has 0 radical (unpaired) electrons. The average molecular weight is 460 g/mol. The van der Waals surface area contributed by atoms with Crippen LogP contribution < -0.4 is 15.1 Å². The number of para-hydroxylation sites is 2. The number of fused-ring (bicyclic) bond motifs is 1. The van der Waals surface area contributed by atoms with Crippen LogP contribution in [0.1, 0.15) is 66.0 Å². The number of nitrogens with one attached hydrogen (secondary N) is 1. The van der Waals surface area contributed by atoms with Gasteiger partial charge in [0.15, 0.2) is 5.78 Å². The number of allylic oxidation sites excluding steroid dienone is 1. The van der Waals surface area contributed by atoms with Crippen LogP contribution in [0.25, 0.3) is 0 Å². The van der Waals surface area contributed by atoms with Crippen LogP contribution in [0.5, 0.6) is 0 Å². The highest BCUT2D eigenvalue weighted by Crippen LogP contribution is 2.48. The number of nitrogens with zero attached hydrogens (tertiary/aromatic N) is 2. The predicted molar refractivity (Wildman–Crippen MR) is 140 cm³/mol. The molecular formula is C29H37N3O2. The predicted octanol–water partition coefficient (Wildman–Crippen LogP) is 6.33. The van der Waals surface area contributed by atoms with Crippen molar-refractivity contribution in [2.75, 3.05) is 28.2 Å². The third-order valence-electron chi connectivity index (χ3n) is 6.97. The Morgan fingerprint density at radius 1 is 1.06 bits per heavy atom. The lowest BCUT2D eigenvalue weighted by Gasteiger charge is -2.38. The Kier molecular flexibility index (Phi) is 6.57. The van der Waals surface area contributed by atoms with Crippen molar-refractivity contribution in [2.45, 2.75) is 60.4 Å². The molecule has 1 N–H and O–H groups in total. The second-order valence-electron chi connectivity index (χ2n) is 10.5. The lowest BCUT2D eigenvalue weighted by Crippen LogP contribution is -2.41. The van der Waals surface area contributed by atoms with Gasteiger partial charge in [-0.2, -0.15) is 0 Å². The van der Waals surface area contributed by atoms with E-state index in [2.05, 4.69) is 62.2 Å². The van der Waals surface area contributed by atoms with Gasteiger partial charge < -0.3 is 10.2 Å². The molecule has 1 amide bonds. The van der Waals surface area contributed by atoms with Crippen LogP contribution in [0.3, 0.4) is 0 Å². The third-order valence-corrected chi connectivity index (χ3v) is 6.97. The minimum absolute atomic E-state index is 0.0125. The minimum Gasteiger partial charge on any atom is -0.372 e. The summed E-state index contributed by atoms with van der Waals surface area (Å²) in [5.74, 6) is -0.0767. The lowest BCUT2D eigenvalue weighted by atomic mass is 9.73. The third kappa shape index (κ3) is 4.36. The van der Waals surface area contributed by atoms with Gasteiger partial charge in [0.05, 0.1) is 17.4 Å². The maximum absolute atomic E-state index is 13.7. The Labute approximate surface area is 203 Å². The molecule has 5 nitrogen and oxygen atoms in total. The van der Waals surface area contributed by atoms with E-state index in [1.54, 1.807) is 0 Å². The van der Waals surface area contributed by atoms with Gasteiger partial charge >= 0.3 is 0 Å². The molecule has 0 bridgehead atoms. The number of carbonyl (C=O) groups excluding carboxylic acids is 2. The number of benzene rings is 2. The molecule has 34 heavy (non-hydrogen) atoms. The van der Waals surface area contributed by atoms with Crippen LogP contribution in [0.15, 0.2) is 59.8 Å². The van der Waals surface area contributed by atoms with Crippen molar-refractivity contribution in [1.82, 2.24) is 0 Å². The van der Waals surface area contributed by atoms with Gasteiger partial charge in [0, 0.05) is 42.4 Å². The molecule has 0 aromatic heterocycles. The molecule has 2 aromatic rings. The zero-order valence-corrected chi connectivity index (χ0v) is 21.3. The first kappa shape index (κ1) is 24.1. The van der Waals surface area contributed by atoms with Crippen molar-refractivity contribution in [1.29, 1.82) is 0 Å². The molecule has 1 heterocycles. The second-order valence-corrected chi connectivity index (χ2v) is 10.5. The summed E-state index contributed by atoms with van der Waals surface area (Å²) in [5, 5.41) is 3.58. The minimum atomic E-state index is -0.463. The Morgan fingerprint density at radius 3 is 2.32 bits per heavy atom. The summed E-state index contributed by atoms with van der Waals surface area (Å²) in [4.78, 5) is 31.6. The van der Waals surface area contributed by atoms with Crippen LogP contribution in [0, 0.1) is 11.3 Å². The van der Waals surface area contributed by atoms with E-state index in [0.717, 1.165) is 53.4 Å². The number of anilines is 3. The Hall–Kier alpha value is -3.08. The number of hydrogen-bond donors (Lipinski definition) is 1. The quantitative estimate of drug-likeness (QED) is 0.567. The molecule has 0 unspecified atom stereocenters. The number of rotatable bonds is 5. The normalized spacial score (nSPS) is 19.3. The van der Waals surface area contributed by atoms with Crippen molar-refractivity contribution in [3.63, 3.8) is 0 Å². The van der Waals surface area contributed by atoms with Gasteiger partial charge in [-0.05, 0) is 55.5 Å². The van der Waals surface area contributed by atoms with E-state index in [1.165, 1.54) is 0 Å². The molecule has 1 aliphatic carbocycles. The van der Waals surface area contributed by atoms with Gasteiger partial charge in [0.2, 0.25) is 5.91 Å². The lowest BCUT2D eigenvalue weighted by molar-refractivity contribution is -0.122. The van der Waals surface area contributed by atoms with Gasteiger partial charge in [0.1, 0.15) is 0 Å². The van der Waals surface area contributed by atoms with Gasteiger partial charge in [-0.1, -0.05) is 52.0 Å². The van der Waals surface area contributed by atoms with E-state index in [9.17, 15) is 9.59 Å². The number of Topliss-reactive ketones (excluding diaryl/α,β-unsaturated/α-hetero) is 1. The van der Waals surface area contributed by atoms with Crippen LogP contribution in [0.2, 0.25) is 0 Å². The van der Waals surface area contributed by atoms with E-state index >= 15 is 0 Å². The zero-order valence-electron chi connectivity index (χ0n) is 21.3. The van der Waals surface area contributed by atoms with Crippen molar-refractivity contribution < 1.29 is 9.59 Å². The summed E-state index contributed by atoms with van der Waals surface area (Å²) >= 11 is 0. The van der Waals surface area contributed by atoms with Crippen LogP contribution in [-0.4, -0.2) is 24.8 Å². The summed E-state index contributed by atoms with van der Waals surface area (Å²) in [6, 6.07) is 15.8. The average Bonchev–Trinajstić information content (AvgIpc) is 2.93. The fraction of sp³-hybridized carbons (Fsp3) is 0.448. The van der Waals surface area contributed by atoms with Crippen molar-refractivity contribution in [3.05, 3.63) is 65.4 Å². The largest absolute Gasteiger partial charge is 0.372 e. The number of carbonyl (C=O) groups is 2. The van der Waals surface area contributed by atoms with Gasteiger partial charge in [-0.15, -0.1) is 0 Å². The van der Waals surface area contributed by atoms with E-state index in [-0.39, 0.29) is 23.0 Å². The molecule has 2 aromatic carbocycles. The molecule has 1 aliphatic heterocycles. The summed E-state index contributed by atoms with van der Waals surface area (Å²) < 4.78 is 0. The Morgan fingerprint density at radius 2 is 1.71 bits per heavy atom. The summed E-state index contributed by atoms with van der Waals surface area (Å²) in [6.07, 6.45) is 1.24.